The fraction of sp³-hybridized carbons (Fsp3) is 0.148. The molecule has 2 aromatic carbocycles. The highest BCUT2D eigenvalue weighted by Gasteiger charge is 2.19. The zero-order chi connectivity index (χ0) is 22.2. The summed E-state index contributed by atoms with van der Waals surface area (Å²) in [4.78, 5) is 14.3. The first-order valence-electron chi connectivity index (χ1n) is 11.2. The molecule has 0 spiro atoms. The lowest BCUT2D eigenvalue weighted by molar-refractivity contribution is 0.413. The van der Waals surface area contributed by atoms with Gasteiger partial charge in [0.1, 0.15) is 0 Å². The molecule has 162 valence electrons. The summed E-state index contributed by atoms with van der Waals surface area (Å²) in [6, 6.07) is 24.6. The van der Waals surface area contributed by atoms with E-state index >= 15 is 0 Å². The van der Waals surface area contributed by atoms with Gasteiger partial charge in [-0.3, -0.25) is 9.98 Å². The number of hydrogen-bond donors (Lipinski definition) is 1. The van der Waals surface area contributed by atoms with Crippen LogP contribution in [0.1, 0.15) is 19.3 Å². The second-order valence-electron chi connectivity index (χ2n) is 8.35. The van der Waals surface area contributed by atoms with Crippen LogP contribution in [0.4, 0.5) is 11.4 Å². The summed E-state index contributed by atoms with van der Waals surface area (Å²) < 4.78 is 2.22. The number of hydrogen-bond acceptors (Lipinski definition) is 4. The molecule has 0 atom stereocenters. The molecule has 6 heteroatoms. The van der Waals surface area contributed by atoms with Crippen molar-refractivity contribution in [2.24, 2.45) is 4.99 Å². The maximum absolute atomic E-state index is 6.38. The number of anilines is 2. The molecule has 2 aliphatic carbocycles. The zero-order valence-electron chi connectivity index (χ0n) is 17.9. The van der Waals surface area contributed by atoms with Gasteiger partial charge in [0, 0.05) is 16.9 Å². The number of nitrogens with zero attached hydrogens (tertiary/aromatic N) is 4. The largest absolute Gasteiger partial charge is 0.352 e. The van der Waals surface area contributed by atoms with Crippen molar-refractivity contribution in [1.29, 1.82) is 0 Å². The average Bonchev–Trinajstić information content (AvgIpc) is 2.81. The normalized spacial score (nSPS) is 14.5. The van der Waals surface area contributed by atoms with Crippen LogP contribution >= 0.6 is 11.6 Å². The van der Waals surface area contributed by atoms with Crippen LogP contribution in [0.5, 0.6) is 0 Å². The van der Waals surface area contributed by atoms with Crippen LogP contribution in [0.15, 0.2) is 90.2 Å². The number of pyridine rings is 1. The van der Waals surface area contributed by atoms with Crippen molar-refractivity contribution in [3.05, 3.63) is 95.6 Å². The molecule has 1 aromatic heterocycles. The summed E-state index contributed by atoms with van der Waals surface area (Å²) in [5, 5.41) is 5.14. The van der Waals surface area contributed by atoms with Crippen molar-refractivity contribution in [3.8, 4) is 17.1 Å². The molecular weight excluding hydrogens is 430 g/mol. The lowest BCUT2D eigenvalue weighted by atomic mass is 9.94. The Kier molecular flexibility index (Phi) is 5.04. The Morgan fingerprint density at radius 1 is 0.970 bits per heavy atom. The summed E-state index contributed by atoms with van der Waals surface area (Å²) in [6.07, 6.45) is 7.09. The first-order chi connectivity index (χ1) is 16.2. The van der Waals surface area contributed by atoms with E-state index in [2.05, 4.69) is 39.1 Å². The molecule has 5 nitrogen and oxygen atoms in total. The van der Waals surface area contributed by atoms with E-state index in [0.717, 1.165) is 57.7 Å². The molecule has 33 heavy (non-hydrogen) atoms. The van der Waals surface area contributed by atoms with Crippen LogP contribution in [0, 0.1) is 0 Å². The molecule has 3 aliphatic rings. The quantitative estimate of drug-likeness (QED) is 0.323. The third-order valence-electron chi connectivity index (χ3n) is 6.10. The molecule has 1 saturated carbocycles. The van der Waals surface area contributed by atoms with E-state index in [4.69, 9.17) is 21.6 Å². The number of para-hydroxylation sites is 2. The summed E-state index contributed by atoms with van der Waals surface area (Å²) >= 11 is 6.38. The molecule has 1 N–H and O–H groups in total. The third-order valence-corrected chi connectivity index (χ3v) is 6.34. The number of aromatic nitrogens is 3. The molecule has 1 fully saturated rings. The average molecular weight is 452 g/mol. The third kappa shape index (κ3) is 3.85. The standard InChI is InChI=1S/C27H22ClN5/c28-18-6-3-10-21(14-18)33-26-12-2-1-11-22(26)32-25-15-23(31-20-9-5-13-29-17-20)24(16-27(25)33)30-19-7-4-8-19/h1-3,5-6,9-17,19,31H,4,7-8H2. The number of fused-ring (bicyclic) bond motifs is 2. The lowest BCUT2D eigenvalue weighted by Gasteiger charge is -2.23. The van der Waals surface area contributed by atoms with E-state index in [9.17, 15) is 0 Å². The highest BCUT2D eigenvalue weighted by atomic mass is 35.5. The van der Waals surface area contributed by atoms with E-state index in [0.29, 0.717) is 11.1 Å². The van der Waals surface area contributed by atoms with Crippen LogP contribution in [0.25, 0.3) is 28.1 Å². The van der Waals surface area contributed by atoms with Gasteiger partial charge in [0.15, 0.2) is 0 Å². The fourth-order valence-corrected chi connectivity index (χ4v) is 4.43. The van der Waals surface area contributed by atoms with Crippen molar-refractivity contribution in [2.45, 2.75) is 25.3 Å². The number of benzene rings is 3. The highest BCUT2D eigenvalue weighted by molar-refractivity contribution is 6.30. The van der Waals surface area contributed by atoms with Gasteiger partial charge in [-0.2, -0.15) is 0 Å². The zero-order valence-corrected chi connectivity index (χ0v) is 18.7. The fourth-order valence-electron chi connectivity index (χ4n) is 4.25. The van der Waals surface area contributed by atoms with E-state index < -0.39 is 0 Å². The molecule has 1 aliphatic heterocycles. The van der Waals surface area contributed by atoms with Crippen LogP contribution in [0.3, 0.4) is 0 Å². The molecule has 3 aromatic rings. The molecule has 0 saturated heterocycles. The number of nitrogens with one attached hydrogen (secondary N) is 1. The maximum atomic E-state index is 6.38. The molecule has 2 heterocycles. The number of halogens is 1. The van der Waals surface area contributed by atoms with E-state index in [-0.39, 0.29) is 0 Å². The second kappa shape index (κ2) is 8.34. The van der Waals surface area contributed by atoms with Crippen molar-refractivity contribution in [3.63, 3.8) is 0 Å². The van der Waals surface area contributed by atoms with Gasteiger partial charge in [-0.15, -0.1) is 0 Å². The van der Waals surface area contributed by atoms with Crippen LogP contribution in [-0.4, -0.2) is 20.6 Å². The van der Waals surface area contributed by atoms with E-state index in [1.54, 1.807) is 6.20 Å². The minimum atomic E-state index is 0.366. The molecule has 0 amide bonds. The van der Waals surface area contributed by atoms with Gasteiger partial charge < -0.3 is 9.88 Å². The summed E-state index contributed by atoms with van der Waals surface area (Å²) in [5.74, 6) is 0. The van der Waals surface area contributed by atoms with E-state index in [1.807, 2.05) is 54.7 Å². The lowest BCUT2D eigenvalue weighted by Crippen LogP contribution is -2.22. The van der Waals surface area contributed by atoms with Gasteiger partial charge in [0.25, 0.3) is 0 Å². The Bertz CT molecular complexity index is 1490. The van der Waals surface area contributed by atoms with Gasteiger partial charge in [-0.1, -0.05) is 29.8 Å². The first kappa shape index (κ1) is 19.9. The van der Waals surface area contributed by atoms with Gasteiger partial charge in [0.2, 0.25) is 0 Å². The predicted molar refractivity (Wildman–Crippen MR) is 133 cm³/mol. The Labute approximate surface area is 196 Å². The monoisotopic (exact) mass is 451 g/mol. The van der Waals surface area contributed by atoms with Crippen molar-refractivity contribution in [2.75, 3.05) is 5.32 Å². The van der Waals surface area contributed by atoms with Crippen molar-refractivity contribution >= 4 is 34.0 Å². The Morgan fingerprint density at radius 2 is 1.88 bits per heavy atom. The van der Waals surface area contributed by atoms with Crippen LogP contribution in [-0.2, 0) is 0 Å². The highest BCUT2D eigenvalue weighted by Crippen LogP contribution is 2.31. The van der Waals surface area contributed by atoms with Gasteiger partial charge >= 0.3 is 0 Å². The first-order valence-corrected chi connectivity index (χ1v) is 11.5. The minimum absolute atomic E-state index is 0.366. The molecule has 0 bridgehead atoms. The smallest absolute Gasteiger partial charge is 0.0900 e. The summed E-state index contributed by atoms with van der Waals surface area (Å²) in [6.45, 7) is 0. The molecule has 6 rings (SSSR count). The molecule has 0 unspecified atom stereocenters. The maximum Gasteiger partial charge on any atom is 0.0900 e. The van der Waals surface area contributed by atoms with Crippen LogP contribution < -0.4 is 10.7 Å². The SMILES string of the molecule is Clc1cccc(-n2c3cc(=NC4CCC4)c(Nc4cccnc4)cc-3nc3ccccc32)c1. The van der Waals surface area contributed by atoms with Gasteiger partial charge in [-0.05, 0) is 73.9 Å². The van der Waals surface area contributed by atoms with E-state index in [1.165, 1.54) is 6.42 Å². The number of rotatable bonds is 4. The van der Waals surface area contributed by atoms with Gasteiger partial charge in [0.05, 0.1) is 51.4 Å². The predicted octanol–water partition coefficient (Wildman–Crippen LogP) is 6.38. The Morgan fingerprint density at radius 3 is 2.67 bits per heavy atom. The van der Waals surface area contributed by atoms with Crippen molar-refractivity contribution in [1.82, 2.24) is 14.5 Å². The topological polar surface area (TPSA) is 55.1 Å². The minimum Gasteiger partial charge on any atom is -0.352 e. The Hall–Kier alpha value is -3.70. The Balaban J connectivity index is 1.65. The summed E-state index contributed by atoms with van der Waals surface area (Å²) in [7, 11) is 0. The molecule has 0 radical (unpaired) electrons. The van der Waals surface area contributed by atoms with Gasteiger partial charge in [-0.25, -0.2) is 4.98 Å². The summed E-state index contributed by atoms with van der Waals surface area (Å²) in [5.41, 5.74) is 6.66. The van der Waals surface area contributed by atoms with Crippen LogP contribution in [0.2, 0.25) is 5.02 Å². The molecular formula is C27H22ClN5. The van der Waals surface area contributed by atoms with Crippen molar-refractivity contribution < 1.29 is 0 Å². The second-order valence-corrected chi connectivity index (χ2v) is 8.79.